The van der Waals surface area contributed by atoms with Crippen LogP contribution in [0.1, 0.15) is 44.9 Å². The van der Waals surface area contributed by atoms with E-state index in [1.54, 1.807) is 6.20 Å². The van der Waals surface area contributed by atoms with E-state index in [1.807, 2.05) is 39.1 Å². The molecule has 2 fully saturated rings. The summed E-state index contributed by atoms with van der Waals surface area (Å²) in [5.74, 6) is -8.31. The van der Waals surface area contributed by atoms with E-state index in [0.717, 1.165) is 65.1 Å². The van der Waals surface area contributed by atoms with Crippen molar-refractivity contribution in [1.29, 1.82) is 0 Å². The Labute approximate surface area is 320 Å². The van der Waals surface area contributed by atoms with Gasteiger partial charge in [-0.3, -0.25) is 19.5 Å². The molecule has 2 aliphatic heterocycles. The average molecular weight is 850 g/mol. The second kappa shape index (κ2) is 19.2. The highest BCUT2D eigenvalue weighted by molar-refractivity contribution is 7.21. The number of amides is 2. The molecule has 0 radical (unpaired) electrons. The van der Waals surface area contributed by atoms with Crippen LogP contribution in [0, 0.1) is 20.8 Å². The van der Waals surface area contributed by atoms with Crippen LogP contribution in [0.25, 0.3) is 10.2 Å². The molecule has 0 aromatic carbocycles. The van der Waals surface area contributed by atoms with E-state index >= 15 is 0 Å². The molecule has 3 aromatic rings. The van der Waals surface area contributed by atoms with Crippen LogP contribution in [0.5, 0.6) is 0 Å². The molecule has 25 heteroatoms. The molecule has 0 saturated carbocycles. The number of alkyl halides is 9. The molecule has 0 atom stereocenters. The summed E-state index contributed by atoms with van der Waals surface area (Å²) in [6.45, 7) is 10.2. The van der Waals surface area contributed by atoms with Crippen molar-refractivity contribution in [3.8, 4) is 0 Å². The summed E-state index contributed by atoms with van der Waals surface area (Å²) in [5.41, 5.74) is 10.7. The Kier molecular flexibility index (Phi) is 16.1. The Morgan fingerprint density at radius 1 is 0.912 bits per heavy atom. The van der Waals surface area contributed by atoms with Gasteiger partial charge < -0.3 is 36.6 Å². The first kappa shape index (κ1) is 47.9. The normalized spacial score (nSPS) is 15.6. The van der Waals surface area contributed by atoms with Crippen molar-refractivity contribution in [1.82, 2.24) is 30.4 Å². The van der Waals surface area contributed by atoms with Gasteiger partial charge in [0.05, 0.1) is 12.4 Å². The number of anilines is 1. The number of carbonyl (C=O) groups excluding carboxylic acids is 2. The maximum atomic E-state index is 12.9. The number of piperidine rings is 1. The summed E-state index contributed by atoms with van der Waals surface area (Å²) in [4.78, 5) is 67.2. The van der Waals surface area contributed by atoms with E-state index < -0.39 is 42.0 Å². The topological polar surface area (TPSA) is 228 Å². The number of nitrogen functional groups attached to an aromatic ring is 1. The molecule has 1 spiro atoms. The maximum Gasteiger partial charge on any atom is 0.490 e. The number of thiophene rings is 1. The van der Waals surface area contributed by atoms with Crippen LogP contribution in [0.3, 0.4) is 0 Å². The molecule has 3 aromatic heterocycles. The number of aliphatic carboxylic acids is 3. The third-order valence-electron chi connectivity index (χ3n) is 8.56. The van der Waals surface area contributed by atoms with E-state index in [9.17, 15) is 49.1 Å². The molecule has 2 aliphatic rings. The Bertz CT molecular complexity index is 1860. The van der Waals surface area contributed by atoms with Crippen LogP contribution in [0.4, 0.5) is 45.2 Å². The zero-order valence-corrected chi connectivity index (χ0v) is 30.8. The summed E-state index contributed by atoms with van der Waals surface area (Å²) in [6, 6.07) is 3.97. The molecule has 2 amide bonds. The van der Waals surface area contributed by atoms with Gasteiger partial charge in [-0.15, -0.1) is 11.3 Å². The van der Waals surface area contributed by atoms with Gasteiger partial charge in [-0.2, -0.15) is 39.5 Å². The van der Waals surface area contributed by atoms with Gasteiger partial charge in [0.25, 0.3) is 5.91 Å². The predicted octanol–water partition coefficient (Wildman–Crippen LogP) is 4.25. The standard InChI is InChI=1S/C26H33N7O2S.3C2HF3O2/c1-16-17(2)20-21(27)22(36-24(20)31-18(16)3)23(34)29-9-12-32-10-6-26(7-11-32)25(35)30-15-33(26)14-19-5-4-8-28-13-19;3*3-2(4,5)1(6)7/h4-5,8,13H,6-7,9-12,14-15,27H2,1-3H3,(H,29,34)(H,30,35);3*(H,6,7). The molecule has 5 rings (SSSR count). The fourth-order valence-electron chi connectivity index (χ4n) is 5.38. The highest BCUT2D eigenvalue weighted by Crippen LogP contribution is 2.37. The van der Waals surface area contributed by atoms with Crippen LogP contribution >= 0.6 is 11.3 Å². The number of likely N-dealkylation sites (tertiary alicyclic amines) is 1. The van der Waals surface area contributed by atoms with Crippen LogP contribution in [0.2, 0.25) is 0 Å². The summed E-state index contributed by atoms with van der Waals surface area (Å²) < 4.78 is 95.2. The van der Waals surface area contributed by atoms with Crippen molar-refractivity contribution in [3.05, 3.63) is 51.8 Å². The second-order valence-electron chi connectivity index (χ2n) is 12.2. The number of rotatable bonds is 6. The Morgan fingerprint density at radius 2 is 1.42 bits per heavy atom. The van der Waals surface area contributed by atoms with Crippen molar-refractivity contribution >= 4 is 57.0 Å². The van der Waals surface area contributed by atoms with Gasteiger partial charge in [-0.1, -0.05) is 6.07 Å². The number of halogens is 9. The van der Waals surface area contributed by atoms with Crippen molar-refractivity contribution in [3.63, 3.8) is 0 Å². The summed E-state index contributed by atoms with van der Waals surface area (Å²) >= 11 is 1.35. The van der Waals surface area contributed by atoms with Crippen LogP contribution in [-0.2, 0) is 25.7 Å². The number of carboxylic acids is 3. The Balaban J connectivity index is 0.000000438. The fraction of sp³-hybridized carbons (Fsp3) is 0.469. The van der Waals surface area contributed by atoms with Gasteiger partial charge in [0.1, 0.15) is 15.2 Å². The first-order chi connectivity index (χ1) is 26.1. The number of carbonyl (C=O) groups is 5. The number of nitrogens with one attached hydrogen (secondary N) is 2. The average Bonchev–Trinajstić information content (AvgIpc) is 3.59. The summed E-state index contributed by atoms with van der Waals surface area (Å²) in [5, 5.41) is 28.3. The quantitative estimate of drug-likeness (QED) is 0.191. The summed E-state index contributed by atoms with van der Waals surface area (Å²) in [7, 11) is 0. The third kappa shape index (κ3) is 13.1. The minimum atomic E-state index is -5.08. The largest absolute Gasteiger partial charge is 0.490 e. The number of fused-ring (bicyclic) bond motifs is 1. The lowest BCUT2D eigenvalue weighted by Gasteiger charge is -2.42. The summed E-state index contributed by atoms with van der Waals surface area (Å²) in [6.07, 6.45) is -10.1. The maximum absolute atomic E-state index is 12.9. The second-order valence-corrected chi connectivity index (χ2v) is 13.2. The smallest absolute Gasteiger partial charge is 0.475 e. The fourth-order valence-corrected chi connectivity index (χ4v) is 6.50. The number of aryl methyl sites for hydroxylation is 2. The molecule has 316 valence electrons. The van der Waals surface area contributed by atoms with E-state index in [4.69, 9.17) is 35.4 Å². The van der Waals surface area contributed by atoms with Crippen molar-refractivity contribution < 1.29 is 78.8 Å². The number of nitrogens with zero attached hydrogens (tertiary/aromatic N) is 4. The molecule has 15 nitrogen and oxygen atoms in total. The monoisotopic (exact) mass is 849 g/mol. The number of hydrogen-bond donors (Lipinski definition) is 6. The van der Waals surface area contributed by atoms with E-state index in [-0.39, 0.29) is 11.8 Å². The minimum absolute atomic E-state index is 0.119. The van der Waals surface area contributed by atoms with Crippen LogP contribution in [-0.4, -0.2) is 122 Å². The van der Waals surface area contributed by atoms with Gasteiger partial charge >= 0.3 is 36.4 Å². The first-order valence-electron chi connectivity index (χ1n) is 16.1. The lowest BCUT2D eigenvalue weighted by Crippen LogP contribution is -2.56. The lowest BCUT2D eigenvalue weighted by atomic mass is 9.86. The number of pyridine rings is 2. The minimum Gasteiger partial charge on any atom is -0.475 e. The van der Waals surface area contributed by atoms with Gasteiger partial charge in [-0.05, 0) is 56.4 Å². The Hall–Kier alpha value is -5.30. The number of aromatic nitrogens is 2. The first-order valence-corrected chi connectivity index (χ1v) is 16.9. The molecule has 5 heterocycles. The zero-order valence-electron chi connectivity index (χ0n) is 30.0. The highest BCUT2D eigenvalue weighted by atomic mass is 32.1. The van der Waals surface area contributed by atoms with Gasteiger partial charge in [0.2, 0.25) is 5.91 Å². The van der Waals surface area contributed by atoms with E-state index in [2.05, 4.69) is 30.4 Å². The van der Waals surface area contributed by atoms with E-state index in [0.29, 0.717) is 30.3 Å². The van der Waals surface area contributed by atoms with Gasteiger partial charge in [-0.25, -0.2) is 19.4 Å². The molecule has 0 bridgehead atoms. The van der Waals surface area contributed by atoms with Crippen LogP contribution < -0.4 is 16.4 Å². The molecule has 7 N–H and O–H groups in total. The molecule has 0 aliphatic carbocycles. The molecular formula is C32H36F9N7O8S. The van der Waals surface area contributed by atoms with E-state index in [1.165, 1.54) is 11.3 Å². The predicted molar refractivity (Wildman–Crippen MR) is 183 cm³/mol. The molecular weight excluding hydrogens is 813 g/mol. The number of nitrogens with two attached hydrogens (primary N) is 1. The number of carboxylic acid groups (broad SMARTS) is 3. The molecule has 57 heavy (non-hydrogen) atoms. The zero-order chi connectivity index (χ0) is 43.7. The van der Waals surface area contributed by atoms with Gasteiger partial charge in [0.15, 0.2) is 0 Å². The Morgan fingerprint density at radius 3 is 1.88 bits per heavy atom. The van der Waals surface area contributed by atoms with Crippen molar-refractivity contribution in [2.24, 2.45) is 0 Å². The van der Waals surface area contributed by atoms with Crippen LogP contribution in [0.15, 0.2) is 24.5 Å². The molecule has 0 unspecified atom stereocenters. The van der Waals surface area contributed by atoms with Crippen molar-refractivity contribution in [2.75, 3.05) is 38.6 Å². The molecule has 2 saturated heterocycles. The number of hydrogen-bond acceptors (Lipinski definition) is 11. The third-order valence-corrected chi connectivity index (χ3v) is 9.66. The van der Waals surface area contributed by atoms with Gasteiger partial charge in [0, 0.05) is 56.2 Å². The SMILES string of the molecule is Cc1nc2sc(C(=O)NCCN3CCC4(CC3)C(=O)NCN4Cc3cccnc3)c(N)c2c(C)c1C.O=C(O)C(F)(F)F.O=C(O)C(F)(F)F.O=C(O)C(F)(F)F. The highest BCUT2D eigenvalue weighted by Gasteiger charge is 2.50. The lowest BCUT2D eigenvalue weighted by molar-refractivity contribution is -0.193. The van der Waals surface area contributed by atoms with Crippen molar-refractivity contribution in [2.45, 2.75) is 64.2 Å².